The lowest BCUT2D eigenvalue weighted by molar-refractivity contribution is -0.134. The van der Waals surface area contributed by atoms with E-state index >= 15 is 0 Å². The van der Waals surface area contributed by atoms with Gasteiger partial charge in [0, 0.05) is 32.7 Å². The van der Waals surface area contributed by atoms with Gasteiger partial charge in [0.05, 0.1) is 6.04 Å². The van der Waals surface area contributed by atoms with Gasteiger partial charge in [-0.05, 0) is 6.42 Å². The smallest absolute Gasteiger partial charge is 0.239 e. The lowest BCUT2D eigenvalue weighted by Gasteiger charge is -2.35. The SMILES string of the molecule is C=CCN1CCN(C(=O)[C@@H](N)CCC)CC1. The van der Waals surface area contributed by atoms with Gasteiger partial charge in [-0.1, -0.05) is 19.4 Å². The molecule has 92 valence electrons. The molecule has 0 aromatic carbocycles. The molecular weight excluding hydrogens is 202 g/mol. The van der Waals surface area contributed by atoms with Gasteiger partial charge in [-0.2, -0.15) is 0 Å². The summed E-state index contributed by atoms with van der Waals surface area (Å²) < 4.78 is 0. The molecule has 1 atom stereocenters. The van der Waals surface area contributed by atoms with Crippen LogP contribution in [0, 0.1) is 0 Å². The van der Waals surface area contributed by atoms with E-state index in [2.05, 4.69) is 18.4 Å². The maximum absolute atomic E-state index is 11.9. The van der Waals surface area contributed by atoms with Crippen LogP contribution in [0.15, 0.2) is 12.7 Å². The van der Waals surface area contributed by atoms with Crippen molar-refractivity contribution >= 4 is 5.91 Å². The fourth-order valence-electron chi connectivity index (χ4n) is 2.00. The molecule has 0 aromatic heterocycles. The second kappa shape index (κ2) is 6.66. The van der Waals surface area contributed by atoms with Crippen LogP contribution in [0.3, 0.4) is 0 Å². The Bertz CT molecular complexity index is 234. The van der Waals surface area contributed by atoms with E-state index in [4.69, 9.17) is 5.73 Å². The first-order valence-corrected chi connectivity index (χ1v) is 6.06. The molecular formula is C12H23N3O. The summed E-state index contributed by atoms with van der Waals surface area (Å²) in [7, 11) is 0. The molecule has 1 aliphatic heterocycles. The fraction of sp³-hybridized carbons (Fsp3) is 0.750. The van der Waals surface area contributed by atoms with E-state index in [1.807, 2.05) is 11.0 Å². The van der Waals surface area contributed by atoms with E-state index in [1.165, 1.54) is 0 Å². The summed E-state index contributed by atoms with van der Waals surface area (Å²) >= 11 is 0. The van der Waals surface area contributed by atoms with Gasteiger partial charge in [0.15, 0.2) is 0 Å². The Morgan fingerprint density at radius 2 is 2.06 bits per heavy atom. The second-order valence-electron chi connectivity index (χ2n) is 4.31. The first-order chi connectivity index (χ1) is 7.69. The van der Waals surface area contributed by atoms with Crippen molar-refractivity contribution in [2.24, 2.45) is 5.73 Å². The van der Waals surface area contributed by atoms with E-state index in [1.54, 1.807) is 0 Å². The Morgan fingerprint density at radius 3 is 2.56 bits per heavy atom. The van der Waals surface area contributed by atoms with Crippen molar-refractivity contribution in [2.75, 3.05) is 32.7 Å². The molecule has 4 nitrogen and oxygen atoms in total. The van der Waals surface area contributed by atoms with Crippen molar-refractivity contribution in [1.29, 1.82) is 0 Å². The van der Waals surface area contributed by atoms with E-state index in [-0.39, 0.29) is 11.9 Å². The zero-order chi connectivity index (χ0) is 12.0. The highest BCUT2D eigenvalue weighted by Crippen LogP contribution is 2.05. The topological polar surface area (TPSA) is 49.6 Å². The summed E-state index contributed by atoms with van der Waals surface area (Å²) in [6.07, 6.45) is 3.65. The van der Waals surface area contributed by atoms with Crippen molar-refractivity contribution in [3.63, 3.8) is 0 Å². The number of amides is 1. The fourth-order valence-corrected chi connectivity index (χ4v) is 2.00. The minimum atomic E-state index is -0.309. The number of hydrogen-bond acceptors (Lipinski definition) is 3. The highest BCUT2D eigenvalue weighted by atomic mass is 16.2. The van der Waals surface area contributed by atoms with Gasteiger partial charge in [-0.3, -0.25) is 9.69 Å². The van der Waals surface area contributed by atoms with Crippen LogP contribution in [-0.4, -0.2) is 54.5 Å². The highest BCUT2D eigenvalue weighted by Gasteiger charge is 2.23. The van der Waals surface area contributed by atoms with Crippen molar-refractivity contribution in [2.45, 2.75) is 25.8 Å². The van der Waals surface area contributed by atoms with Crippen molar-refractivity contribution in [1.82, 2.24) is 9.80 Å². The molecule has 1 fully saturated rings. The second-order valence-corrected chi connectivity index (χ2v) is 4.31. The van der Waals surface area contributed by atoms with Gasteiger partial charge in [0.1, 0.15) is 0 Å². The average Bonchev–Trinajstić information content (AvgIpc) is 2.30. The van der Waals surface area contributed by atoms with Gasteiger partial charge >= 0.3 is 0 Å². The zero-order valence-electron chi connectivity index (χ0n) is 10.2. The van der Waals surface area contributed by atoms with Crippen molar-refractivity contribution in [3.05, 3.63) is 12.7 Å². The third-order valence-electron chi connectivity index (χ3n) is 2.99. The van der Waals surface area contributed by atoms with E-state index < -0.39 is 0 Å². The number of piperazine rings is 1. The highest BCUT2D eigenvalue weighted by molar-refractivity contribution is 5.81. The number of nitrogens with two attached hydrogens (primary N) is 1. The third-order valence-corrected chi connectivity index (χ3v) is 2.99. The molecule has 0 spiro atoms. The Balaban J connectivity index is 2.35. The molecule has 0 saturated carbocycles. The maximum Gasteiger partial charge on any atom is 0.239 e. The summed E-state index contributed by atoms with van der Waals surface area (Å²) in [6.45, 7) is 10.1. The molecule has 1 amide bonds. The van der Waals surface area contributed by atoms with Crippen LogP contribution < -0.4 is 5.73 Å². The van der Waals surface area contributed by atoms with Crippen molar-refractivity contribution < 1.29 is 4.79 Å². The number of carbonyl (C=O) groups is 1. The van der Waals surface area contributed by atoms with Gasteiger partial charge in [0.2, 0.25) is 5.91 Å². The van der Waals surface area contributed by atoms with Crippen LogP contribution in [0.25, 0.3) is 0 Å². The molecule has 16 heavy (non-hydrogen) atoms. The molecule has 4 heteroatoms. The predicted molar refractivity (Wildman–Crippen MR) is 66.1 cm³/mol. The third kappa shape index (κ3) is 3.61. The molecule has 0 unspecified atom stereocenters. The molecule has 0 radical (unpaired) electrons. The van der Waals surface area contributed by atoms with Crippen LogP contribution in [0.2, 0.25) is 0 Å². The predicted octanol–water partition coefficient (Wildman–Crippen LogP) is 0.444. The van der Waals surface area contributed by atoms with Crippen molar-refractivity contribution in [3.8, 4) is 0 Å². The van der Waals surface area contributed by atoms with Crippen LogP contribution in [0.4, 0.5) is 0 Å². The molecule has 0 aromatic rings. The number of carbonyl (C=O) groups excluding carboxylic acids is 1. The Morgan fingerprint density at radius 1 is 1.44 bits per heavy atom. The van der Waals surface area contributed by atoms with Gasteiger partial charge < -0.3 is 10.6 Å². The summed E-state index contributed by atoms with van der Waals surface area (Å²) in [6, 6.07) is -0.309. The van der Waals surface area contributed by atoms with E-state index in [9.17, 15) is 4.79 Å². The lowest BCUT2D eigenvalue weighted by Crippen LogP contribution is -2.53. The van der Waals surface area contributed by atoms with E-state index in [0.29, 0.717) is 0 Å². The van der Waals surface area contributed by atoms with Crippen LogP contribution in [-0.2, 0) is 4.79 Å². The largest absolute Gasteiger partial charge is 0.339 e. The number of hydrogen-bond donors (Lipinski definition) is 1. The summed E-state index contributed by atoms with van der Waals surface area (Å²) in [4.78, 5) is 16.1. The molecule has 1 heterocycles. The first kappa shape index (κ1) is 13.2. The molecule has 2 N–H and O–H groups in total. The minimum absolute atomic E-state index is 0.111. The van der Waals surface area contributed by atoms with Gasteiger partial charge in [-0.25, -0.2) is 0 Å². The normalized spacial score (nSPS) is 19.5. The van der Waals surface area contributed by atoms with Crippen LogP contribution >= 0.6 is 0 Å². The Hall–Kier alpha value is -0.870. The molecule has 0 bridgehead atoms. The summed E-state index contributed by atoms with van der Waals surface area (Å²) in [5.74, 6) is 0.111. The molecule has 1 aliphatic rings. The minimum Gasteiger partial charge on any atom is -0.339 e. The first-order valence-electron chi connectivity index (χ1n) is 6.06. The summed E-state index contributed by atoms with van der Waals surface area (Å²) in [5.41, 5.74) is 5.83. The average molecular weight is 225 g/mol. The van der Waals surface area contributed by atoms with Crippen LogP contribution in [0.1, 0.15) is 19.8 Å². The molecule has 0 aliphatic carbocycles. The standard InChI is InChI=1S/C12H23N3O/c1-3-5-11(13)12(16)15-9-7-14(6-4-2)8-10-15/h4,11H,2-3,5-10,13H2,1H3/t11-/m0/s1. The van der Waals surface area contributed by atoms with Gasteiger partial charge in [0.25, 0.3) is 0 Å². The quantitative estimate of drug-likeness (QED) is 0.691. The molecule has 1 saturated heterocycles. The number of rotatable bonds is 5. The Kier molecular flexibility index (Phi) is 5.49. The Labute approximate surface area is 98.1 Å². The number of nitrogens with zero attached hydrogens (tertiary/aromatic N) is 2. The van der Waals surface area contributed by atoms with Gasteiger partial charge in [-0.15, -0.1) is 6.58 Å². The molecule has 1 rings (SSSR count). The zero-order valence-corrected chi connectivity index (χ0v) is 10.2. The lowest BCUT2D eigenvalue weighted by atomic mass is 10.1. The monoisotopic (exact) mass is 225 g/mol. The van der Waals surface area contributed by atoms with E-state index in [0.717, 1.165) is 45.6 Å². The summed E-state index contributed by atoms with van der Waals surface area (Å²) in [5, 5.41) is 0. The van der Waals surface area contributed by atoms with Crippen LogP contribution in [0.5, 0.6) is 0 Å². The maximum atomic E-state index is 11.9.